The molecule has 0 spiro atoms. The standard InChI is InChI=1S/C41H37N.C24H22O.C2H6/c1-26-18-20-29(21-19-26)42-39-24-33(30-15-9-8-12-27(30)2)32(28-13-6-5-7-14-28)22-35(39)36-23-34-31-16-10-11-17-37(31)41(3,4)38(34)25-40(36)42;1-24(2,22-16-8-12-18-10-4-6-14-20(18)22)23(25)21-15-7-11-17-9-3-5-13-19(17)21;1-2/h5-21,23-25,27,30,35H,22H2,1-4H3;3-4,6-12,14-16H,5,13H2,1-2H3;1-2H3. The first-order valence-electron chi connectivity index (χ1n) is 25.3. The number of rotatable bonds is 6. The van der Waals surface area contributed by atoms with Gasteiger partial charge in [-0.2, -0.15) is 0 Å². The molecule has 0 saturated carbocycles. The number of fused-ring (bicyclic) bond motifs is 8. The summed E-state index contributed by atoms with van der Waals surface area (Å²) in [7, 11) is 0. The van der Waals surface area contributed by atoms with Gasteiger partial charge in [-0.05, 0) is 148 Å². The van der Waals surface area contributed by atoms with Gasteiger partial charge in [0, 0.05) is 34.2 Å². The summed E-state index contributed by atoms with van der Waals surface area (Å²) in [6, 6.07) is 55.0. The predicted molar refractivity (Wildman–Crippen MR) is 294 cm³/mol. The third-order valence-corrected chi connectivity index (χ3v) is 15.6. The van der Waals surface area contributed by atoms with Gasteiger partial charge < -0.3 is 4.90 Å². The molecule has 69 heavy (non-hydrogen) atoms. The molecule has 12 rings (SSSR count). The maximum atomic E-state index is 13.6. The Labute approximate surface area is 411 Å². The molecule has 0 saturated heterocycles. The largest absolute Gasteiger partial charge is 0.313 e. The van der Waals surface area contributed by atoms with Crippen LogP contribution in [0.3, 0.4) is 0 Å². The van der Waals surface area contributed by atoms with Gasteiger partial charge in [-0.25, -0.2) is 0 Å². The van der Waals surface area contributed by atoms with Crippen molar-refractivity contribution in [3.05, 3.63) is 249 Å². The first-order valence-corrected chi connectivity index (χ1v) is 25.3. The van der Waals surface area contributed by atoms with Crippen LogP contribution >= 0.6 is 0 Å². The zero-order valence-electron chi connectivity index (χ0n) is 41.7. The second-order valence-corrected chi connectivity index (χ2v) is 20.4. The Kier molecular flexibility index (Phi) is 12.2. The number of carbonyl (C=O) groups excluding carboxylic acids is 1. The van der Waals surface area contributed by atoms with Crippen LogP contribution in [0.1, 0.15) is 122 Å². The topological polar surface area (TPSA) is 20.3 Å². The number of Topliss-reactive ketones (excluding diaryl/α,β-unsaturated/α-hetero) is 1. The minimum absolute atomic E-state index is 0.0324. The van der Waals surface area contributed by atoms with Gasteiger partial charge in [0.05, 0.1) is 11.1 Å². The summed E-state index contributed by atoms with van der Waals surface area (Å²) < 4.78 is 0. The average molecular weight is 900 g/mol. The molecule has 2 heteroatoms. The van der Waals surface area contributed by atoms with Crippen molar-refractivity contribution in [2.75, 3.05) is 4.90 Å². The average Bonchev–Trinajstić information content (AvgIpc) is 3.82. The summed E-state index contributed by atoms with van der Waals surface area (Å²) in [6.45, 7) is 17.4. The Balaban J connectivity index is 0.000000175. The summed E-state index contributed by atoms with van der Waals surface area (Å²) in [5, 5.41) is 2.34. The van der Waals surface area contributed by atoms with Gasteiger partial charge in [0.25, 0.3) is 0 Å². The number of anilines is 2. The number of aryl methyl sites for hydroxylation is 1. The highest BCUT2D eigenvalue weighted by Gasteiger charge is 2.44. The van der Waals surface area contributed by atoms with Gasteiger partial charge in [-0.1, -0.05) is 204 Å². The van der Waals surface area contributed by atoms with Crippen molar-refractivity contribution in [3.8, 4) is 11.1 Å². The van der Waals surface area contributed by atoms with Gasteiger partial charge in [0.15, 0.2) is 5.78 Å². The van der Waals surface area contributed by atoms with Crippen molar-refractivity contribution in [2.24, 2.45) is 11.8 Å². The van der Waals surface area contributed by atoms with Gasteiger partial charge in [0.1, 0.15) is 0 Å². The van der Waals surface area contributed by atoms with Crippen LogP contribution < -0.4 is 4.90 Å². The van der Waals surface area contributed by atoms with Crippen LogP contribution in [0.25, 0.3) is 33.5 Å². The fraction of sp³-hybridized carbons (Fsp3) is 0.239. The number of carbonyl (C=O) groups is 1. The molecule has 4 aliphatic carbocycles. The van der Waals surface area contributed by atoms with Gasteiger partial charge >= 0.3 is 0 Å². The van der Waals surface area contributed by atoms with E-state index in [2.05, 4.69) is 216 Å². The van der Waals surface area contributed by atoms with Crippen LogP contribution in [0.2, 0.25) is 0 Å². The minimum Gasteiger partial charge on any atom is -0.313 e. The monoisotopic (exact) mass is 900 g/mol. The predicted octanol–water partition coefficient (Wildman–Crippen LogP) is 17.6. The lowest BCUT2D eigenvalue weighted by Crippen LogP contribution is -2.30. The number of hydrogen-bond acceptors (Lipinski definition) is 2. The van der Waals surface area contributed by atoms with Crippen molar-refractivity contribution in [1.29, 1.82) is 0 Å². The lowest BCUT2D eigenvalue weighted by atomic mass is 9.73. The van der Waals surface area contributed by atoms with Gasteiger partial charge in [0.2, 0.25) is 0 Å². The SMILES string of the molecule is CC.CC(C)(C(=O)c1cccc2c1CCC=C2)c1cccc2ccccc12.Cc1ccc(N2C3=CC(C4C=CC=CC4C)=C(c4ccccc4)CC3c3cc4c(cc32)C(C)(C)c2ccccc2-4)cc1. The van der Waals surface area contributed by atoms with Gasteiger partial charge in [-0.15, -0.1) is 0 Å². The van der Waals surface area contributed by atoms with Crippen molar-refractivity contribution < 1.29 is 4.79 Å². The van der Waals surface area contributed by atoms with Crippen molar-refractivity contribution in [1.82, 2.24) is 0 Å². The molecule has 1 heterocycles. The summed E-state index contributed by atoms with van der Waals surface area (Å²) in [6.07, 6.45) is 19.0. The summed E-state index contributed by atoms with van der Waals surface area (Å²) >= 11 is 0. The number of allylic oxidation sites excluding steroid dienone is 9. The Morgan fingerprint density at radius 1 is 0.725 bits per heavy atom. The van der Waals surface area contributed by atoms with Crippen molar-refractivity contribution >= 4 is 39.6 Å². The molecular formula is C67H65NO. The molecule has 0 N–H and O–H groups in total. The van der Waals surface area contributed by atoms with Crippen LogP contribution in [0.15, 0.2) is 199 Å². The van der Waals surface area contributed by atoms with E-state index in [1.54, 1.807) is 0 Å². The van der Waals surface area contributed by atoms with E-state index in [9.17, 15) is 4.79 Å². The third-order valence-electron chi connectivity index (χ3n) is 15.6. The second-order valence-electron chi connectivity index (χ2n) is 20.4. The highest BCUT2D eigenvalue weighted by Crippen LogP contribution is 2.59. The van der Waals surface area contributed by atoms with E-state index in [1.165, 1.54) is 83.7 Å². The van der Waals surface area contributed by atoms with Crippen molar-refractivity contribution in [3.63, 3.8) is 0 Å². The molecule has 7 aromatic carbocycles. The molecule has 0 radical (unpaired) electrons. The molecule has 2 nitrogen and oxygen atoms in total. The highest BCUT2D eigenvalue weighted by molar-refractivity contribution is 6.07. The molecule has 0 fully saturated rings. The normalized spacial score (nSPS) is 19.0. The maximum Gasteiger partial charge on any atom is 0.173 e. The van der Waals surface area contributed by atoms with E-state index < -0.39 is 5.41 Å². The van der Waals surface area contributed by atoms with Crippen molar-refractivity contribution in [2.45, 2.75) is 91.4 Å². The van der Waals surface area contributed by atoms with E-state index in [1.807, 2.05) is 38.1 Å². The first kappa shape index (κ1) is 45.7. The van der Waals surface area contributed by atoms with E-state index in [0.717, 1.165) is 35.8 Å². The zero-order chi connectivity index (χ0) is 48.0. The Hall–Kier alpha value is -7.03. The molecule has 3 atom stereocenters. The third kappa shape index (κ3) is 7.98. The second kappa shape index (κ2) is 18.5. The molecule has 344 valence electrons. The molecule has 1 aliphatic heterocycles. The molecular weight excluding hydrogens is 835 g/mol. The van der Waals surface area contributed by atoms with E-state index >= 15 is 0 Å². The quantitative estimate of drug-likeness (QED) is 0.155. The molecule has 0 bridgehead atoms. The Morgan fingerprint density at radius 3 is 2.23 bits per heavy atom. The Morgan fingerprint density at radius 2 is 1.43 bits per heavy atom. The fourth-order valence-electron chi connectivity index (χ4n) is 11.9. The maximum absolute atomic E-state index is 13.6. The van der Waals surface area contributed by atoms with Crippen LogP contribution in [0, 0.1) is 18.8 Å². The van der Waals surface area contributed by atoms with Crippen LogP contribution in [0.4, 0.5) is 11.4 Å². The van der Waals surface area contributed by atoms with E-state index in [-0.39, 0.29) is 11.2 Å². The molecule has 5 aliphatic rings. The number of hydrogen-bond donors (Lipinski definition) is 0. The highest BCUT2D eigenvalue weighted by atomic mass is 16.1. The lowest BCUT2D eigenvalue weighted by Gasteiger charge is -2.33. The molecule has 3 unspecified atom stereocenters. The minimum atomic E-state index is -0.572. The van der Waals surface area contributed by atoms with Crippen LogP contribution in [0.5, 0.6) is 0 Å². The van der Waals surface area contributed by atoms with E-state index in [0.29, 0.717) is 17.8 Å². The van der Waals surface area contributed by atoms with Crippen LogP contribution in [-0.4, -0.2) is 5.78 Å². The molecule has 0 aromatic heterocycles. The van der Waals surface area contributed by atoms with Crippen LogP contribution in [-0.2, 0) is 17.3 Å². The summed E-state index contributed by atoms with van der Waals surface area (Å²) in [4.78, 5) is 16.1. The molecule has 0 amide bonds. The van der Waals surface area contributed by atoms with E-state index in [4.69, 9.17) is 0 Å². The summed E-state index contributed by atoms with van der Waals surface area (Å²) in [5.74, 6) is 1.32. The number of nitrogens with zero attached hydrogens (tertiary/aromatic N) is 1. The number of ketones is 1. The molecule has 7 aromatic rings. The summed E-state index contributed by atoms with van der Waals surface area (Å²) in [5.41, 5.74) is 20.5. The Bertz CT molecular complexity index is 3250. The fourth-order valence-corrected chi connectivity index (χ4v) is 11.9. The smallest absolute Gasteiger partial charge is 0.173 e. The lowest BCUT2D eigenvalue weighted by molar-refractivity contribution is 0.0908. The zero-order valence-corrected chi connectivity index (χ0v) is 41.7. The first-order chi connectivity index (χ1) is 33.5. The number of benzene rings is 7. The van der Waals surface area contributed by atoms with Gasteiger partial charge in [-0.3, -0.25) is 4.79 Å².